The van der Waals surface area contributed by atoms with Gasteiger partial charge in [-0.15, -0.1) is 0 Å². The summed E-state index contributed by atoms with van der Waals surface area (Å²) in [4.78, 5) is 33.5. The maximum Gasteiger partial charge on any atom is 0.326 e. The zero-order chi connectivity index (χ0) is 17.3. The molecule has 124 valence electrons. The van der Waals surface area contributed by atoms with Crippen molar-refractivity contribution in [2.24, 2.45) is 5.92 Å². The molecule has 1 heterocycles. The maximum absolute atomic E-state index is 12.2. The molecule has 0 aliphatic heterocycles. The number of nitrogens with one attached hydrogen (secondary N) is 1. The van der Waals surface area contributed by atoms with Crippen LogP contribution in [0.4, 0.5) is 5.69 Å². The van der Waals surface area contributed by atoms with E-state index in [-0.39, 0.29) is 17.2 Å². The molecule has 2 aromatic rings. The zero-order valence-electron chi connectivity index (χ0n) is 12.5. The predicted molar refractivity (Wildman–Crippen MR) is 81.8 cm³/mol. The summed E-state index contributed by atoms with van der Waals surface area (Å²) in [6.45, 7) is 0. The molecule has 0 radical (unpaired) electrons. The van der Waals surface area contributed by atoms with Gasteiger partial charge in [0, 0.05) is 18.3 Å². The number of nitro groups is 1. The number of nitro benzene ring substituents is 1. The van der Waals surface area contributed by atoms with Gasteiger partial charge in [0.25, 0.3) is 11.6 Å². The number of carboxylic acids is 1. The summed E-state index contributed by atoms with van der Waals surface area (Å²) in [6, 6.07) is 4.81. The van der Waals surface area contributed by atoms with Gasteiger partial charge in [-0.1, -0.05) is 0 Å². The first-order chi connectivity index (χ1) is 11.5. The van der Waals surface area contributed by atoms with E-state index in [9.17, 15) is 19.7 Å². The Balaban J connectivity index is 1.73. The summed E-state index contributed by atoms with van der Waals surface area (Å²) in [5, 5.41) is 26.3. The van der Waals surface area contributed by atoms with Gasteiger partial charge < -0.3 is 10.4 Å². The van der Waals surface area contributed by atoms with E-state index in [4.69, 9.17) is 5.11 Å². The Bertz CT molecular complexity index is 794. The second-order valence-corrected chi connectivity index (χ2v) is 5.57. The molecule has 1 aromatic heterocycles. The smallest absolute Gasteiger partial charge is 0.326 e. The van der Waals surface area contributed by atoms with Crippen LogP contribution in [0.2, 0.25) is 0 Å². The molecule has 1 aromatic carbocycles. The summed E-state index contributed by atoms with van der Waals surface area (Å²) >= 11 is 0. The van der Waals surface area contributed by atoms with Crippen molar-refractivity contribution in [2.75, 3.05) is 0 Å². The van der Waals surface area contributed by atoms with Crippen molar-refractivity contribution in [2.45, 2.75) is 18.9 Å². The van der Waals surface area contributed by atoms with Crippen LogP contribution in [-0.4, -0.2) is 37.7 Å². The summed E-state index contributed by atoms with van der Waals surface area (Å²) in [6.07, 6.45) is 4.35. The molecule has 0 spiro atoms. The van der Waals surface area contributed by atoms with E-state index in [2.05, 4.69) is 10.4 Å². The minimum absolute atomic E-state index is 0.0174. The average molecular weight is 330 g/mol. The van der Waals surface area contributed by atoms with Gasteiger partial charge in [-0.05, 0) is 30.9 Å². The van der Waals surface area contributed by atoms with Crippen LogP contribution in [0.25, 0.3) is 5.69 Å². The van der Waals surface area contributed by atoms with Crippen LogP contribution in [-0.2, 0) is 4.79 Å². The highest BCUT2D eigenvalue weighted by atomic mass is 16.6. The quantitative estimate of drug-likeness (QED) is 0.608. The van der Waals surface area contributed by atoms with Gasteiger partial charge >= 0.3 is 5.97 Å². The number of non-ortho nitro benzene ring substituents is 1. The summed E-state index contributed by atoms with van der Waals surface area (Å²) in [7, 11) is 0. The number of carbonyl (C=O) groups excluding carboxylic acids is 1. The van der Waals surface area contributed by atoms with Crippen LogP contribution in [0.5, 0.6) is 0 Å². The Morgan fingerprint density at radius 1 is 1.33 bits per heavy atom. The van der Waals surface area contributed by atoms with E-state index in [1.165, 1.54) is 41.3 Å². The third-order valence-corrected chi connectivity index (χ3v) is 3.82. The third-order valence-electron chi connectivity index (χ3n) is 3.82. The Labute approximate surface area is 136 Å². The molecule has 1 fully saturated rings. The molecule has 24 heavy (non-hydrogen) atoms. The standard InChI is InChI=1S/C15H14N4O5/c20-14(17-13(15(21)22)9-1-2-9)10-7-16-18(8-10)11-3-5-12(6-4-11)19(23)24/h3-9,13H,1-2H2,(H,17,20)(H,21,22). The fraction of sp³-hybridized carbons (Fsp3) is 0.267. The van der Waals surface area contributed by atoms with Crippen LogP contribution >= 0.6 is 0 Å². The van der Waals surface area contributed by atoms with Gasteiger partial charge in [0.2, 0.25) is 0 Å². The summed E-state index contributed by atoms with van der Waals surface area (Å²) in [5.74, 6) is -1.58. The molecule has 0 bridgehead atoms. The van der Waals surface area contributed by atoms with Crippen molar-refractivity contribution >= 4 is 17.6 Å². The van der Waals surface area contributed by atoms with Crippen molar-refractivity contribution < 1.29 is 19.6 Å². The van der Waals surface area contributed by atoms with E-state index >= 15 is 0 Å². The Morgan fingerprint density at radius 3 is 2.54 bits per heavy atom. The van der Waals surface area contributed by atoms with E-state index in [1.54, 1.807) is 0 Å². The van der Waals surface area contributed by atoms with E-state index in [0.29, 0.717) is 5.69 Å². The van der Waals surface area contributed by atoms with E-state index < -0.39 is 22.8 Å². The molecule has 1 amide bonds. The van der Waals surface area contributed by atoms with E-state index in [0.717, 1.165) is 12.8 Å². The van der Waals surface area contributed by atoms with Crippen molar-refractivity contribution in [3.05, 3.63) is 52.3 Å². The van der Waals surface area contributed by atoms with Gasteiger partial charge in [-0.2, -0.15) is 5.10 Å². The number of aromatic nitrogens is 2. The van der Waals surface area contributed by atoms with Crippen molar-refractivity contribution in [3.8, 4) is 5.69 Å². The fourth-order valence-corrected chi connectivity index (χ4v) is 2.34. The van der Waals surface area contributed by atoms with Crippen LogP contribution in [0.15, 0.2) is 36.7 Å². The molecule has 0 saturated heterocycles. The highest BCUT2D eigenvalue weighted by molar-refractivity contribution is 5.96. The molecule has 1 atom stereocenters. The third kappa shape index (κ3) is 3.24. The molecule has 9 heteroatoms. The second-order valence-electron chi connectivity index (χ2n) is 5.57. The molecular formula is C15H14N4O5. The lowest BCUT2D eigenvalue weighted by molar-refractivity contribution is -0.384. The minimum Gasteiger partial charge on any atom is -0.480 e. The number of hydrogen-bond acceptors (Lipinski definition) is 5. The number of carboxylic acid groups (broad SMARTS) is 1. The van der Waals surface area contributed by atoms with Crippen molar-refractivity contribution in [3.63, 3.8) is 0 Å². The average Bonchev–Trinajstić information content (AvgIpc) is 3.27. The minimum atomic E-state index is -1.05. The van der Waals surface area contributed by atoms with Gasteiger partial charge in [0.05, 0.1) is 22.4 Å². The molecule has 1 aliphatic rings. The Morgan fingerprint density at radius 2 is 2.00 bits per heavy atom. The SMILES string of the molecule is O=C(NC(C(=O)O)C1CC1)c1cnn(-c2ccc([N+](=O)[O-])cc2)c1. The first-order valence-corrected chi connectivity index (χ1v) is 7.29. The molecule has 1 unspecified atom stereocenters. The number of rotatable bonds is 6. The lowest BCUT2D eigenvalue weighted by Gasteiger charge is -2.12. The van der Waals surface area contributed by atoms with Gasteiger partial charge in [-0.25, -0.2) is 9.48 Å². The molecular weight excluding hydrogens is 316 g/mol. The number of nitrogens with zero attached hydrogens (tertiary/aromatic N) is 3. The van der Waals surface area contributed by atoms with Crippen molar-refractivity contribution in [1.82, 2.24) is 15.1 Å². The number of amides is 1. The first kappa shape index (κ1) is 15.7. The molecule has 1 aliphatic carbocycles. The number of carbonyl (C=O) groups is 2. The second kappa shape index (κ2) is 6.11. The van der Waals surface area contributed by atoms with Gasteiger partial charge in [-0.3, -0.25) is 14.9 Å². The molecule has 2 N–H and O–H groups in total. The normalized spacial score (nSPS) is 14.8. The monoisotopic (exact) mass is 330 g/mol. The van der Waals surface area contributed by atoms with Gasteiger partial charge in [0.1, 0.15) is 6.04 Å². The molecule has 9 nitrogen and oxygen atoms in total. The maximum atomic E-state index is 12.2. The summed E-state index contributed by atoms with van der Waals surface area (Å²) in [5.41, 5.74) is 0.731. The zero-order valence-corrected chi connectivity index (χ0v) is 12.5. The van der Waals surface area contributed by atoms with Crippen LogP contribution in [0.3, 0.4) is 0 Å². The predicted octanol–water partition coefficient (Wildman–Crippen LogP) is 1.37. The summed E-state index contributed by atoms with van der Waals surface area (Å²) < 4.78 is 1.39. The number of benzene rings is 1. The lowest BCUT2D eigenvalue weighted by atomic mass is 10.2. The van der Waals surface area contributed by atoms with Gasteiger partial charge in [0.15, 0.2) is 0 Å². The van der Waals surface area contributed by atoms with Crippen LogP contribution in [0, 0.1) is 16.0 Å². The van der Waals surface area contributed by atoms with Crippen LogP contribution < -0.4 is 5.32 Å². The lowest BCUT2D eigenvalue weighted by Crippen LogP contribution is -2.42. The number of hydrogen-bond donors (Lipinski definition) is 2. The Kier molecular flexibility index (Phi) is 3.98. The highest BCUT2D eigenvalue weighted by Crippen LogP contribution is 2.32. The first-order valence-electron chi connectivity index (χ1n) is 7.29. The number of aliphatic carboxylic acids is 1. The topological polar surface area (TPSA) is 127 Å². The highest BCUT2D eigenvalue weighted by Gasteiger charge is 2.37. The fourth-order valence-electron chi connectivity index (χ4n) is 2.34. The molecule has 3 rings (SSSR count). The Hall–Kier alpha value is -3.23. The molecule has 1 saturated carbocycles. The van der Waals surface area contributed by atoms with Crippen LogP contribution in [0.1, 0.15) is 23.2 Å². The largest absolute Gasteiger partial charge is 0.480 e. The van der Waals surface area contributed by atoms with Crippen molar-refractivity contribution in [1.29, 1.82) is 0 Å². The van der Waals surface area contributed by atoms with E-state index in [1.807, 2.05) is 0 Å².